The molecule has 1 aromatic rings. The van der Waals surface area contributed by atoms with Gasteiger partial charge in [0.1, 0.15) is 0 Å². The van der Waals surface area contributed by atoms with Gasteiger partial charge in [-0.1, -0.05) is 13.8 Å². The molecule has 1 unspecified atom stereocenters. The first-order valence-corrected chi connectivity index (χ1v) is 5.55. The van der Waals surface area contributed by atoms with Crippen molar-refractivity contribution in [2.24, 2.45) is 11.8 Å². The summed E-state index contributed by atoms with van der Waals surface area (Å²) >= 11 is 0. The van der Waals surface area contributed by atoms with Crippen LogP contribution in [-0.4, -0.2) is 39.1 Å². The summed E-state index contributed by atoms with van der Waals surface area (Å²) in [6, 6.07) is 0. The van der Waals surface area contributed by atoms with Crippen LogP contribution in [0.4, 0.5) is 5.95 Å². The highest BCUT2D eigenvalue weighted by Gasteiger charge is 2.29. The van der Waals surface area contributed by atoms with Crippen molar-refractivity contribution in [2.75, 3.05) is 18.8 Å². The van der Waals surface area contributed by atoms with Crippen molar-refractivity contribution in [2.45, 2.75) is 20.3 Å². The van der Waals surface area contributed by atoms with Crippen LogP contribution in [0, 0.1) is 11.8 Å². The topological polar surface area (TPSA) is 87.9 Å². The lowest BCUT2D eigenvalue weighted by molar-refractivity contribution is 0.0772. The second-order valence-electron chi connectivity index (χ2n) is 4.59. The van der Waals surface area contributed by atoms with Gasteiger partial charge in [0.2, 0.25) is 11.8 Å². The molecule has 1 aliphatic heterocycles. The molecular formula is C10H17N5O. The first kappa shape index (κ1) is 10.9. The lowest BCUT2D eigenvalue weighted by atomic mass is 9.95. The highest BCUT2D eigenvalue weighted by molar-refractivity contribution is 5.90. The standard InChI is InChI=1S/C10H17N5O/c1-6(2)7-3-4-15(5-7)9(16)8-12-10(11)14-13-8/h6-7H,3-5H2,1-2H3,(H3,11,12,13,14). The van der Waals surface area contributed by atoms with Crippen molar-refractivity contribution in [3.8, 4) is 0 Å². The number of H-pyrrole nitrogens is 1. The van der Waals surface area contributed by atoms with Crippen molar-refractivity contribution >= 4 is 11.9 Å². The number of hydrogen-bond acceptors (Lipinski definition) is 4. The maximum absolute atomic E-state index is 12.0. The van der Waals surface area contributed by atoms with Crippen LogP contribution >= 0.6 is 0 Å². The summed E-state index contributed by atoms with van der Waals surface area (Å²) in [5.74, 6) is 1.44. The van der Waals surface area contributed by atoms with Gasteiger partial charge in [-0.3, -0.25) is 9.89 Å². The number of nitrogens with zero attached hydrogens (tertiary/aromatic N) is 3. The highest BCUT2D eigenvalue weighted by Crippen LogP contribution is 2.24. The Labute approximate surface area is 94.2 Å². The SMILES string of the molecule is CC(C)C1CCN(C(=O)c2nc(N)n[nH]2)C1. The molecule has 0 aromatic carbocycles. The minimum absolute atomic E-state index is 0.104. The number of rotatable bonds is 2. The zero-order valence-corrected chi connectivity index (χ0v) is 9.60. The van der Waals surface area contributed by atoms with E-state index < -0.39 is 0 Å². The van der Waals surface area contributed by atoms with Gasteiger partial charge in [0.25, 0.3) is 5.91 Å². The largest absolute Gasteiger partial charge is 0.366 e. The highest BCUT2D eigenvalue weighted by atomic mass is 16.2. The Morgan fingerprint density at radius 1 is 1.62 bits per heavy atom. The molecule has 0 radical (unpaired) electrons. The van der Waals surface area contributed by atoms with Gasteiger partial charge in [-0.05, 0) is 18.3 Å². The van der Waals surface area contributed by atoms with Gasteiger partial charge >= 0.3 is 0 Å². The molecule has 1 aliphatic rings. The monoisotopic (exact) mass is 223 g/mol. The summed E-state index contributed by atoms with van der Waals surface area (Å²) in [6.45, 7) is 5.97. The van der Waals surface area contributed by atoms with Crippen LogP contribution < -0.4 is 5.73 Å². The molecule has 6 nitrogen and oxygen atoms in total. The van der Waals surface area contributed by atoms with Crippen molar-refractivity contribution in [1.82, 2.24) is 20.1 Å². The minimum Gasteiger partial charge on any atom is -0.366 e. The number of likely N-dealkylation sites (tertiary alicyclic amines) is 1. The summed E-state index contributed by atoms with van der Waals surface area (Å²) in [4.78, 5) is 17.6. The van der Waals surface area contributed by atoms with E-state index in [2.05, 4.69) is 29.0 Å². The van der Waals surface area contributed by atoms with Crippen LogP contribution in [-0.2, 0) is 0 Å². The van der Waals surface area contributed by atoms with Crippen molar-refractivity contribution in [1.29, 1.82) is 0 Å². The number of aromatic amines is 1. The van der Waals surface area contributed by atoms with Gasteiger partial charge in [-0.2, -0.15) is 4.98 Å². The molecule has 2 rings (SSSR count). The number of carbonyl (C=O) groups excluding carboxylic acids is 1. The molecule has 2 heterocycles. The number of nitrogen functional groups attached to an aromatic ring is 1. The number of anilines is 1. The van der Waals surface area contributed by atoms with Gasteiger partial charge in [-0.15, -0.1) is 5.10 Å². The third-order valence-electron chi connectivity index (χ3n) is 3.16. The Kier molecular flexibility index (Phi) is 2.80. The van der Waals surface area contributed by atoms with Gasteiger partial charge in [0, 0.05) is 13.1 Å². The Morgan fingerprint density at radius 2 is 2.38 bits per heavy atom. The van der Waals surface area contributed by atoms with Crippen LogP contribution in [0.2, 0.25) is 0 Å². The van der Waals surface area contributed by atoms with E-state index in [1.165, 1.54) is 0 Å². The third-order valence-corrected chi connectivity index (χ3v) is 3.16. The lowest BCUT2D eigenvalue weighted by Crippen LogP contribution is -2.30. The van der Waals surface area contributed by atoms with E-state index in [1.54, 1.807) is 0 Å². The molecule has 6 heteroatoms. The number of amides is 1. The van der Waals surface area contributed by atoms with E-state index in [9.17, 15) is 4.79 Å². The first-order valence-electron chi connectivity index (χ1n) is 5.55. The van der Waals surface area contributed by atoms with E-state index in [0.717, 1.165) is 19.5 Å². The smallest absolute Gasteiger partial charge is 0.291 e. The zero-order valence-electron chi connectivity index (χ0n) is 9.60. The first-order chi connectivity index (χ1) is 7.58. The molecular weight excluding hydrogens is 206 g/mol. The average molecular weight is 223 g/mol. The Bertz CT molecular complexity index is 386. The summed E-state index contributed by atoms with van der Waals surface area (Å²) in [5, 5.41) is 6.21. The van der Waals surface area contributed by atoms with E-state index in [0.29, 0.717) is 11.8 Å². The Balaban J connectivity index is 2.02. The second-order valence-corrected chi connectivity index (χ2v) is 4.59. The molecule has 0 aliphatic carbocycles. The van der Waals surface area contributed by atoms with Crippen LogP contribution in [0.15, 0.2) is 0 Å². The molecule has 0 saturated carbocycles. The minimum atomic E-state index is -0.104. The predicted octanol–water partition coefficient (Wildman–Crippen LogP) is 0.505. The van der Waals surface area contributed by atoms with Gasteiger partial charge in [0.05, 0.1) is 0 Å². The van der Waals surface area contributed by atoms with Crippen molar-refractivity contribution in [3.63, 3.8) is 0 Å². The van der Waals surface area contributed by atoms with Gasteiger partial charge < -0.3 is 10.6 Å². The summed E-state index contributed by atoms with van der Waals surface area (Å²) in [5.41, 5.74) is 5.37. The summed E-state index contributed by atoms with van der Waals surface area (Å²) in [7, 11) is 0. The second kappa shape index (κ2) is 4.11. The van der Waals surface area contributed by atoms with E-state index in [1.807, 2.05) is 4.90 Å². The molecule has 1 saturated heterocycles. The Morgan fingerprint density at radius 3 is 2.88 bits per heavy atom. The van der Waals surface area contributed by atoms with Crippen LogP contribution in [0.5, 0.6) is 0 Å². The van der Waals surface area contributed by atoms with Crippen LogP contribution in [0.25, 0.3) is 0 Å². The molecule has 88 valence electrons. The van der Waals surface area contributed by atoms with Crippen LogP contribution in [0.3, 0.4) is 0 Å². The van der Waals surface area contributed by atoms with Crippen molar-refractivity contribution in [3.05, 3.63) is 5.82 Å². The Hall–Kier alpha value is -1.59. The molecule has 0 bridgehead atoms. The molecule has 1 fully saturated rings. The maximum atomic E-state index is 12.0. The fourth-order valence-electron chi connectivity index (χ4n) is 2.04. The third kappa shape index (κ3) is 2.00. The molecule has 0 spiro atoms. The zero-order chi connectivity index (χ0) is 11.7. The van der Waals surface area contributed by atoms with Gasteiger partial charge in [0.15, 0.2) is 0 Å². The summed E-state index contributed by atoms with van der Waals surface area (Å²) in [6.07, 6.45) is 1.06. The van der Waals surface area contributed by atoms with Gasteiger partial charge in [-0.25, -0.2) is 0 Å². The molecule has 1 aromatic heterocycles. The number of nitrogens with one attached hydrogen (secondary N) is 1. The fraction of sp³-hybridized carbons (Fsp3) is 0.700. The normalized spacial score (nSPS) is 20.7. The molecule has 16 heavy (non-hydrogen) atoms. The molecule has 1 atom stereocenters. The van der Waals surface area contributed by atoms with Crippen LogP contribution in [0.1, 0.15) is 30.9 Å². The number of aromatic nitrogens is 3. The number of carbonyl (C=O) groups is 1. The number of hydrogen-bond donors (Lipinski definition) is 2. The van der Waals surface area contributed by atoms with E-state index >= 15 is 0 Å². The predicted molar refractivity (Wildman–Crippen MR) is 59.6 cm³/mol. The maximum Gasteiger partial charge on any atom is 0.291 e. The van der Waals surface area contributed by atoms with Crippen molar-refractivity contribution < 1.29 is 4.79 Å². The number of nitrogens with two attached hydrogens (primary N) is 1. The fourth-order valence-corrected chi connectivity index (χ4v) is 2.04. The molecule has 1 amide bonds. The quantitative estimate of drug-likeness (QED) is 0.764. The van der Waals surface area contributed by atoms with E-state index in [-0.39, 0.29) is 17.7 Å². The summed E-state index contributed by atoms with van der Waals surface area (Å²) < 4.78 is 0. The van der Waals surface area contributed by atoms with E-state index in [4.69, 9.17) is 5.73 Å². The lowest BCUT2D eigenvalue weighted by Gasteiger charge is -2.16. The average Bonchev–Trinajstić information content (AvgIpc) is 2.84. The molecule has 3 N–H and O–H groups in total.